The number of aromatic nitrogens is 1. The molecule has 8 bridgehead atoms. The van der Waals surface area contributed by atoms with Crippen LogP contribution >= 0.6 is 0 Å². The fourth-order valence-electron chi connectivity index (χ4n) is 9.27. The van der Waals surface area contributed by atoms with E-state index in [1.165, 1.54) is 49.0 Å². The minimum atomic E-state index is 1.09. The van der Waals surface area contributed by atoms with E-state index < -0.39 is 0 Å². The van der Waals surface area contributed by atoms with Gasteiger partial charge in [0.15, 0.2) is 0 Å². The molecular weight excluding hydrogens is 715 g/mol. The van der Waals surface area contributed by atoms with Crippen molar-refractivity contribution in [3.8, 4) is 27.9 Å². The topological polar surface area (TPSA) is 11.4 Å². The van der Waals surface area contributed by atoms with Crippen molar-refractivity contribution < 1.29 is 0 Å². The van der Waals surface area contributed by atoms with Crippen molar-refractivity contribution in [2.45, 2.75) is 0 Å². The van der Waals surface area contributed by atoms with Crippen LogP contribution in [-0.4, -0.2) is 4.57 Å². The van der Waals surface area contributed by atoms with Gasteiger partial charge in [0.1, 0.15) is 0 Å². The lowest BCUT2D eigenvalue weighted by molar-refractivity contribution is 1.19. The van der Waals surface area contributed by atoms with Gasteiger partial charge in [0.2, 0.25) is 0 Å². The maximum absolute atomic E-state index is 2.45. The van der Waals surface area contributed by atoms with Crippen LogP contribution in [0.2, 0.25) is 0 Å². The van der Waals surface area contributed by atoms with E-state index in [1.807, 2.05) is 0 Å². The summed E-state index contributed by atoms with van der Waals surface area (Å²) in [7, 11) is 0. The summed E-state index contributed by atoms with van der Waals surface area (Å²) in [6.07, 6.45) is 0. The number of nitrogens with zero attached hydrogens (tertiary/aromatic N) is 3. The minimum Gasteiger partial charge on any atom is -0.310 e. The maximum Gasteiger partial charge on any atom is 0.0562 e. The van der Waals surface area contributed by atoms with Crippen molar-refractivity contribution in [2.75, 3.05) is 9.80 Å². The Kier molecular flexibility index (Phi) is 7.54. The third-order valence-corrected chi connectivity index (χ3v) is 12.0. The average molecular weight is 752 g/mol. The largest absolute Gasteiger partial charge is 0.310 e. The average Bonchev–Trinajstić information content (AvgIpc) is 3.62. The highest BCUT2D eigenvalue weighted by Gasteiger charge is 2.21. The van der Waals surface area contributed by atoms with E-state index in [2.05, 4.69) is 239 Å². The van der Waals surface area contributed by atoms with E-state index in [4.69, 9.17) is 0 Å². The highest BCUT2D eigenvalue weighted by molar-refractivity contribution is 6.11. The van der Waals surface area contributed by atoms with Gasteiger partial charge in [-0.1, -0.05) is 140 Å². The molecule has 0 saturated heterocycles. The molecule has 0 aliphatic carbocycles. The zero-order chi connectivity index (χ0) is 38.9. The second-order valence-electron chi connectivity index (χ2n) is 15.5. The standard InChI is InChI=1S/C56H37N3/c1-2-14-40-32-49(29-28-38(40)12-1)57-45-20-7-16-41(33-45)43-18-9-22-47(35-43)58(48-23-10-19-44(36-48)42-17-8-21-46(57)34-42)50-30-31-53-52-25-5-6-26-55(52)59(56(53)37-50)54-27-11-15-39-13-3-4-24-51(39)54/h1-37H. The van der Waals surface area contributed by atoms with E-state index in [0.717, 1.165) is 56.4 Å². The van der Waals surface area contributed by atoms with Crippen LogP contribution in [0.15, 0.2) is 224 Å². The molecule has 0 spiro atoms. The highest BCUT2D eigenvalue weighted by Crippen LogP contribution is 2.44. The molecule has 276 valence electrons. The molecule has 0 unspecified atom stereocenters. The Balaban J connectivity index is 1.09. The minimum absolute atomic E-state index is 1.09. The van der Waals surface area contributed by atoms with Gasteiger partial charge >= 0.3 is 0 Å². The lowest BCUT2D eigenvalue weighted by Crippen LogP contribution is -2.11. The highest BCUT2D eigenvalue weighted by atomic mass is 15.2. The SMILES string of the molecule is c1cc2cc(c1)N(c1ccc3ccccc3c1)c1cccc(c1)-c1cccc(c1)N(c1ccc3c4ccccc4n(-c4cccc5ccccc45)c3c1)c1cccc-2c1. The quantitative estimate of drug-likeness (QED) is 0.178. The molecular formula is C56H37N3. The lowest BCUT2D eigenvalue weighted by Gasteiger charge is -2.29. The molecule has 3 heteroatoms. The molecule has 1 aliphatic heterocycles. The molecule has 11 aromatic rings. The second kappa shape index (κ2) is 13.4. The normalized spacial score (nSPS) is 12.3. The van der Waals surface area contributed by atoms with E-state index >= 15 is 0 Å². The van der Waals surface area contributed by atoms with Gasteiger partial charge in [0, 0.05) is 50.3 Å². The Morgan fingerprint density at radius 1 is 0.237 bits per heavy atom. The summed E-state index contributed by atoms with van der Waals surface area (Å²) in [5, 5.41) is 7.37. The molecule has 59 heavy (non-hydrogen) atoms. The molecule has 12 rings (SSSR count). The molecule has 3 nitrogen and oxygen atoms in total. The van der Waals surface area contributed by atoms with Gasteiger partial charge in [-0.3, -0.25) is 0 Å². The molecule has 0 amide bonds. The zero-order valence-corrected chi connectivity index (χ0v) is 32.2. The summed E-state index contributed by atoms with van der Waals surface area (Å²) < 4.78 is 2.45. The molecule has 0 saturated carbocycles. The van der Waals surface area contributed by atoms with E-state index in [-0.39, 0.29) is 0 Å². The van der Waals surface area contributed by atoms with Crippen molar-refractivity contribution in [3.63, 3.8) is 0 Å². The van der Waals surface area contributed by atoms with Gasteiger partial charge in [0.05, 0.1) is 16.7 Å². The van der Waals surface area contributed by atoms with Gasteiger partial charge < -0.3 is 14.4 Å². The Bertz CT molecular complexity index is 3330. The van der Waals surface area contributed by atoms with Crippen LogP contribution < -0.4 is 9.80 Å². The van der Waals surface area contributed by atoms with Crippen molar-refractivity contribution in [2.24, 2.45) is 0 Å². The number of benzene rings is 10. The van der Waals surface area contributed by atoms with Gasteiger partial charge in [-0.05, 0) is 123 Å². The summed E-state index contributed by atoms with van der Waals surface area (Å²) in [6, 6.07) is 82.3. The van der Waals surface area contributed by atoms with Crippen molar-refractivity contribution in [1.82, 2.24) is 4.57 Å². The molecule has 0 atom stereocenters. The number of fused-ring (bicyclic) bond motifs is 15. The van der Waals surface area contributed by atoms with Crippen molar-refractivity contribution in [1.29, 1.82) is 0 Å². The summed E-state index contributed by atoms with van der Waals surface area (Å²) in [5.41, 5.74) is 14.8. The Hall–Kier alpha value is -7.88. The smallest absolute Gasteiger partial charge is 0.0562 e. The molecule has 10 aromatic carbocycles. The fraction of sp³-hybridized carbons (Fsp3) is 0. The molecule has 0 fully saturated rings. The monoisotopic (exact) mass is 751 g/mol. The molecule has 0 radical (unpaired) electrons. The van der Waals surface area contributed by atoms with Gasteiger partial charge in [-0.2, -0.15) is 0 Å². The lowest BCUT2D eigenvalue weighted by atomic mass is 10.00. The number of rotatable bonds is 3. The predicted octanol–water partition coefficient (Wildman–Crippen LogP) is 15.7. The second-order valence-corrected chi connectivity index (χ2v) is 15.5. The molecule has 1 aromatic heterocycles. The number of hydrogen-bond donors (Lipinski definition) is 0. The van der Waals surface area contributed by atoms with Crippen LogP contribution in [-0.2, 0) is 0 Å². The first kappa shape index (κ1) is 33.3. The third kappa shape index (κ3) is 5.51. The van der Waals surface area contributed by atoms with Crippen LogP contribution in [0.4, 0.5) is 34.1 Å². The van der Waals surface area contributed by atoms with Crippen molar-refractivity contribution >= 4 is 77.5 Å². The van der Waals surface area contributed by atoms with Gasteiger partial charge in [-0.15, -0.1) is 0 Å². The first-order valence-electron chi connectivity index (χ1n) is 20.3. The first-order chi connectivity index (χ1) is 29.2. The zero-order valence-electron chi connectivity index (χ0n) is 32.2. The van der Waals surface area contributed by atoms with E-state index in [9.17, 15) is 0 Å². The fourth-order valence-corrected chi connectivity index (χ4v) is 9.27. The van der Waals surface area contributed by atoms with Crippen LogP contribution in [0.1, 0.15) is 0 Å². The Morgan fingerprint density at radius 2 is 0.678 bits per heavy atom. The van der Waals surface area contributed by atoms with Crippen molar-refractivity contribution in [3.05, 3.63) is 224 Å². The van der Waals surface area contributed by atoms with Gasteiger partial charge in [-0.25, -0.2) is 0 Å². The third-order valence-electron chi connectivity index (χ3n) is 12.0. The summed E-state index contributed by atoms with van der Waals surface area (Å²) in [5.74, 6) is 0. The summed E-state index contributed by atoms with van der Waals surface area (Å²) >= 11 is 0. The summed E-state index contributed by atoms with van der Waals surface area (Å²) in [4.78, 5) is 4.80. The molecule has 0 N–H and O–H groups in total. The van der Waals surface area contributed by atoms with E-state index in [0.29, 0.717) is 0 Å². The Morgan fingerprint density at radius 3 is 1.31 bits per heavy atom. The molecule has 2 heterocycles. The van der Waals surface area contributed by atoms with Crippen LogP contribution in [0.3, 0.4) is 0 Å². The van der Waals surface area contributed by atoms with Gasteiger partial charge in [0.25, 0.3) is 0 Å². The number of para-hydroxylation sites is 1. The Labute approximate surface area is 342 Å². The predicted molar refractivity (Wildman–Crippen MR) is 250 cm³/mol. The maximum atomic E-state index is 2.45. The number of anilines is 6. The number of hydrogen-bond acceptors (Lipinski definition) is 2. The van der Waals surface area contributed by atoms with Crippen LogP contribution in [0.25, 0.3) is 71.3 Å². The van der Waals surface area contributed by atoms with Crippen LogP contribution in [0.5, 0.6) is 0 Å². The molecule has 1 aliphatic rings. The van der Waals surface area contributed by atoms with E-state index in [1.54, 1.807) is 0 Å². The first-order valence-corrected chi connectivity index (χ1v) is 20.3. The van der Waals surface area contributed by atoms with Crippen LogP contribution in [0, 0.1) is 0 Å². The summed E-state index contributed by atoms with van der Waals surface area (Å²) in [6.45, 7) is 0.